The minimum Gasteiger partial charge on any atom is -0.378 e. The molecule has 0 aliphatic rings. The van der Waals surface area contributed by atoms with Crippen molar-refractivity contribution in [3.63, 3.8) is 0 Å². The minimum absolute atomic E-state index is 0.124. The fourth-order valence-corrected chi connectivity index (χ4v) is 1.14. The Labute approximate surface area is 104 Å². The molecule has 1 amide bonds. The first-order chi connectivity index (χ1) is 8.50. The second kappa shape index (κ2) is 6.20. The van der Waals surface area contributed by atoms with E-state index in [9.17, 15) is 14.9 Å². The van der Waals surface area contributed by atoms with Crippen LogP contribution in [0, 0.1) is 22.0 Å². The molecule has 0 saturated carbocycles. The highest BCUT2D eigenvalue weighted by molar-refractivity contribution is 5.72. The van der Waals surface area contributed by atoms with E-state index in [0.29, 0.717) is 18.5 Å². The highest BCUT2D eigenvalue weighted by Gasteiger charge is 2.12. The lowest BCUT2D eigenvalue weighted by molar-refractivity contribution is -0.384. The maximum absolute atomic E-state index is 10.6. The van der Waals surface area contributed by atoms with Crippen LogP contribution < -0.4 is 11.1 Å². The molecule has 0 bridgehead atoms. The van der Waals surface area contributed by atoms with Gasteiger partial charge in [0.25, 0.3) is 0 Å². The van der Waals surface area contributed by atoms with Gasteiger partial charge in [0, 0.05) is 37.7 Å². The van der Waals surface area contributed by atoms with Gasteiger partial charge in [0.2, 0.25) is 11.7 Å². The molecule has 7 heteroatoms. The maximum Gasteiger partial charge on any atom is 0.312 e. The van der Waals surface area contributed by atoms with Crippen molar-refractivity contribution < 1.29 is 9.72 Å². The number of pyridine rings is 1. The van der Waals surface area contributed by atoms with Crippen LogP contribution in [0.3, 0.4) is 0 Å². The third-order valence-corrected chi connectivity index (χ3v) is 1.95. The Morgan fingerprint density at radius 2 is 2.39 bits per heavy atom. The highest BCUT2D eigenvalue weighted by Crippen LogP contribution is 2.18. The number of aromatic nitrogens is 1. The number of nitro groups is 1. The summed E-state index contributed by atoms with van der Waals surface area (Å²) in [6.07, 6.45) is 1.82. The van der Waals surface area contributed by atoms with E-state index in [-0.39, 0.29) is 17.4 Å². The first-order valence-electron chi connectivity index (χ1n) is 5.14. The Kier molecular flexibility index (Phi) is 4.63. The van der Waals surface area contributed by atoms with Gasteiger partial charge in [-0.2, -0.15) is 0 Å². The molecule has 0 fully saturated rings. The van der Waals surface area contributed by atoms with Gasteiger partial charge in [-0.05, 0) is 0 Å². The summed E-state index contributed by atoms with van der Waals surface area (Å²) in [6.45, 7) is 1.85. The molecule has 0 aromatic carbocycles. The van der Waals surface area contributed by atoms with Gasteiger partial charge in [-0.25, -0.2) is 4.98 Å². The summed E-state index contributed by atoms with van der Waals surface area (Å²) < 4.78 is 0. The molecular weight excluding hydrogens is 236 g/mol. The van der Waals surface area contributed by atoms with Crippen LogP contribution in [0.15, 0.2) is 12.3 Å². The quantitative estimate of drug-likeness (QED) is 0.349. The molecule has 0 unspecified atom stereocenters. The van der Waals surface area contributed by atoms with E-state index < -0.39 is 4.92 Å². The molecule has 1 aromatic heterocycles. The number of amides is 1. The summed E-state index contributed by atoms with van der Waals surface area (Å²) in [5.74, 6) is 5.23. The topological polar surface area (TPSA) is 111 Å². The summed E-state index contributed by atoms with van der Waals surface area (Å²) in [5, 5.41) is 13.2. The van der Waals surface area contributed by atoms with Gasteiger partial charge < -0.3 is 11.1 Å². The number of nitrogens with two attached hydrogens (primary N) is 1. The summed E-state index contributed by atoms with van der Waals surface area (Å²) in [5.41, 5.74) is 5.51. The number of hydrogen-bond acceptors (Lipinski definition) is 5. The molecule has 94 valence electrons. The molecule has 3 N–H and O–H groups in total. The van der Waals surface area contributed by atoms with Crippen molar-refractivity contribution in [3.05, 3.63) is 27.9 Å². The fourth-order valence-electron chi connectivity index (χ4n) is 1.14. The zero-order valence-electron chi connectivity index (χ0n) is 9.77. The fraction of sp³-hybridized carbons (Fsp3) is 0.273. The SMILES string of the molecule is CC(=O)NCCC#Cc1cnc(N)c([N+](=O)[O-])c1. The van der Waals surface area contributed by atoms with Crippen LogP contribution in [0.4, 0.5) is 11.5 Å². The van der Waals surface area contributed by atoms with Gasteiger partial charge in [0.15, 0.2) is 0 Å². The number of nitrogens with one attached hydrogen (secondary N) is 1. The van der Waals surface area contributed by atoms with Crippen LogP contribution in [-0.2, 0) is 4.79 Å². The molecule has 0 aliphatic heterocycles. The van der Waals surface area contributed by atoms with Crippen molar-refractivity contribution in [1.82, 2.24) is 10.3 Å². The summed E-state index contributed by atoms with van der Waals surface area (Å²) in [7, 11) is 0. The van der Waals surface area contributed by atoms with Crippen molar-refractivity contribution >= 4 is 17.4 Å². The van der Waals surface area contributed by atoms with Gasteiger partial charge in [0.1, 0.15) is 0 Å². The molecule has 0 atom stereocenters. The maximum atomic E-state index is 10.6. The zero-order valence-corrected chi connectivity index (χ0v) is 9.77. The molecule has 0 aliphatic carbocycles. The molecule has 0 radical (unpaired) electrons. The van der Waals surface area contributed by atoms with Gasteiger partial charge >= 0.3 is 5.69 Å². The van der Waals surface area contributed by atoms with Gasteiger partial charge in [-0.15, -0.1) is 0 Å². The first-order valence-corrected chi connectivity index (χ1v) is 5.14. The average molecular weight is 248 g/mol. The smallest absolute Gasteiger partial charge is 0.312 e. The number of nitrogens with zero attached hydrogens (tertiary/aromatic N) is 2. The first kappa shape index (κ1) is 13.4. The lowest BCUT2D eigenvalue weighted by Gasteiger charge is -1.96. The average Bonchev–Trinajstić information content (AvgIpc) is 2.30. The van der Waals surface area contributed by atoms with Crippen molar-refractivity contribution in [2.45, 2.75) is 13.3 Å². The van der Waals surface area contributed by atoms with Gasteiger partial charge in [-0.1, -0.05) is 11.8 Å². The minimum atomic E-state index is -0.606. The number of nitrogen functional groups attached to an aromatic ring is 1. The highest BCUT2D eigenvalue weighted by atomic mass is 16.6. The monoisotopic (exact) mass is 248 g/mol. The van der Waals surface area contributed by atoms with E-state index in [4.69, 9.17) is 5.73 Å². The van der Waals surface area contributed by atoms with E-state index in [1.54, 1.807) is 0 Å². The number of carbonyl (C=O) groups excluding carboxylic acids is 1. The second-order valence-corrected chi connectivity index (χ2v) is 3.42. The summed E-state index contributed by atoms with van der Waals surface area (Å²) in [4.78, 5) is 24.3. The molecular formula is C11H12N4O3. The van der Waals surface area contributed by atoms with Crippen LogP contribution in [0.2, 0.25) is 0 Å². The number of hydrogen-bond donors (Lipinski definition) is 2. The van der Waals surface area contributed by atoms with Crippen molar-refractivity contribution in [2.75, 3.05) is 12.3 Å². The Hall–Kier alpha value is -2.62. The summed E-state index contributed by atoms with van der Waals surface area (Å²) >= 11 is 0. The summed E-state index contributed by atoms with van der Waals surface area (Å²) in [6, 6.07) is 1.27. The predicted molar refractivity (Wildman–Crippen MR) is 65.5 cm³/mol. The second-order valence-electron chi connectivity index (χ2n) is 3.42. The van der Waals surface area contributed by atoms with Gasteiger partial charge in [-0.3, -0.25) is 14.9 Å². The lowest BCUT2D eigenvalue weighted by atomic mass is 10.2. The third-order valence-electron chi connectivity index (χ3n) is 1.95. The van der Waals surface area contributed by atoms with Crippen LogP contribution in [0.5, 0.6) is 0 Å². The molecule has 18 heavy (non-hydrogen) atoms. The molecule has 1 rings (SSSR count). The molecule has 1 aromatic rings. The zero-order chi connectivity index (χ0) is 13.5. The number of carbonyl (C=O) groups is 1. The predicted octanol–water partition coefficient (Wildman–Crippen LogP) is 0.450. The number of rotatable bonds is 3. The van der Waals surface area contributed by atoms with Crippen molar-refractivity contribution in [1.29, 1.82) is 0 Å². The Morgan fingerprint density at radius 1 is 1.67 bits per heavy atom. The Bertz CT molecular complexity index is 531. The largest absolute Gasteiger partial charge is 0.378 e. The van der Waals surface area contributed by atoms with E-state index >= 15 is 0 Å². The number of anilines is 1. The van der Waals surface area contributed by atoms with Gasteiger partial charge in [0.05, 0.1) is 4.92 Å². The normalized spacial score (nSPS) is 9.17. The molecule has 0 saturated heterocycles. The van der Waals surface area contributed by atoms with Crippen molar-refractivity contribution in [3.8, 4) is 11.8 Å². The molecule has 0 spiro atoms. The van der Waals surface area contributed by atoms with Crippen LogP contribution in [-0.4, -0.2) is 22.4 Å². The Balaban J connectivity index is 2.68. The van der Waals surface area contributed by atoms with E-state index in [1.165, 1.54) is 19.2 Å². The third kappa shape index (κ3) is 4.09. The van der Waals surface area contributed by atoms with E-state index in [1.807, 2.05) is 0 Å². The Morgan fingerprint density at radius 3 is 3.00 bits per heavy atom. The van der Waals surface area contributed by atoms with Crippen molar-refractivity contribution in [2.24, 2.45) is 0 Å². The van der Waals surface area contributed by atoms with E-state index in [2.05, 4.69) is 22.1 Å². The van der Waals surface area contributed by atoms with Crippen LogP contribution in [0.25, 0.3) is 0 Å². The molecule has 7 nitrogen and oxygen atoms in total. The van der Waals surface area contributed by atoms with E-state index in [0.717, 1.165) is 0 Å². The van der Waals surface area contributed by atoms with Crippen LogP contribution >= 0.6 is 0 Å². The lowest BCUT2D eigenvalue weighted by Crippen LogP contribution is -2.20. The standard InChI is InChI=1S/C11H12N4O3/c1-8(16)13-5-3-2-4-9-6-10(15(17)18)11(12)14-7-9/h6-7H,3,5H2,1H3,(H2,12,14)(H,13,16). The molecule has 1 heterocycles. The van der Waals surface area contributed by atoms with Crippen LogP contribution in [0.1, 0.15) is 18.9 Å².